The molecule has 1 aliphatic rings. The number of hydrogen-bond acceptors (Lipinski definition) is 3. The molecular formula is C18H22N2O. The van der Waals surface area contributed by atoms with Crippen molar-refractivity contribution in [2.75, 3.05) is 18.0 Å². The second kappa shape index (κ2) is 7.25. The summed E-state index contributed by atoms with van der Waals surface area (Å²) in [5.41, 5.74) is 5.74. The Morgan fingerprint density at radius 1 is 0.905 bits per heavy atom. The maximum atomic E-state index is 5.63. The van der Waals surface area contributed by atoms with Gasteiger partial charge in [-0.2, -0.15) is 5.48 Å². The van der Waals surface area contributed by atoms with E-state index in [2.05, 4.69) is 52.8 Å². The quantitative estimate of drug-likeness (QED) is 0.851. The zero-order valence-electron chi connectivity index (χ0n) is 12.2. The summed E-state index contributed by atoms with van der Waals surface area (Å²) in [6, 6.07) is 21.3. The van der Waals surface area contributed by atoms with Crippen LogP contribution in [-0.2, 0) is 11.4 Å². The molecule has 2 aromatic carbocycles. The third-order valence-corrected chi connectivity index (χ3v) is 3.95. The monoisotopic (exact) mass is 282 g/mol. The Hall–Kier alpha value is -1.84. The van der Waals surface area contributed by atoms with E-state index in [1.165, 1.54) is 11.3 Å². The minimum atomic E-state index is 0.452. The van der Waals surface area contributed by atoms with E-state index in [4.69, 9.17) is 4.84 Å². The van der Waals surface area contributed by atoms with Gasteiger partial charge in [0.2, 0.25) is 0 Å². The molecule has 2 aromatic rings. The van der Waals surface area contributed by atoms with Crippen molar-refractivity contribution < 1.29 is 4.84 Å². The van der Waals surface area contributed by atoms with Crippen LogP contribution in [0.5, 0.6) is 0 Å². The zero-order valence-corrected chi connectivity index (χ0v) is 12.2. The Labute approximate surface area is 126 Å². The van der Waals surface area contributed by atoms with Gasteiger partial charge in [-0.05, 0) is 30.5 Å². The topological polar surface area (TPSA) is 24.5 Å². The minimum Gasteiger partial charge on any atom is -0.371 e. The lowest BCUT2D eigenvalue weighted by molar-refractivity contribution is -0.00167. The molecule has 0 bridgehead atoms. The normalized spacial score (nSPS) is 16.1. The van der Waals surface area contributed by atoms with Crippen LogP contribution in [0.15, 0.2) is 60.7 Å². The molecule has 21 heavy (non-hydrogen) atoms. The van der Waals surface area contributed by atoms with Gasteiger partial charge >= 0.3 is 0 Å². The molecule has 1 fully saturated rings. The van der Waals surface area contributed by atoms with Gasteiger partial charge in [0.25, 0.3) is 0 Å². The van der Waals surface area contributed by atoms with Gasteiger partial charge < -0.3 is 4.90 Å². The predicted octanol–water partition coefficient (Wildman–Crippen LogP) is 3.38. The lowest BCUT2D eigenvalue weighted by atomic mass is 10.1. The molecule has 3 rings (SSSR count). The van der Waals surface area contributed by atoms with E-state index in [0.29, 0.717) is 12.6 Å². The highest BCUT2D eigenvalue weighted by atomic mass is 16.6. The van der Waals surface area contributed by atoms with E-state index in [1.54, 1.807) is 0 Å². The van der Waals surface area contributed by atoms with Gasteiger partial charge in [0.05, 0.1) is 6.61 Å². The molecule has 0 aliphatic carbocycles. The standard InChI is InChI=1S/C18H22N2O/c1-3-7-16(8-4-1)15-21-19-17-11-13-20(14-12-17)18-9-5-2-6-10-18/h1-10,17,19H,11-15H2. The van der Waals surface area contributed by atoms with Crippen molar-refractivity contribution in [3.63, 3.8) is 0 Å². The molecule has 0 radical (unpaired) electrons. The molecule has 0 unspecified atom stereocenters. The molecule has 0 spiro atoms. The fraction of sp³-hybridized carbons (Fsp3) is 0.333. The molecule has 1 aliphatic heterocycles. The van der Waals surface area contributed by atoms with Gasteiger partial charge in [-0.1, -0.05) is 48.5 Å². The summed E-state index contributed by atoms with van der Waals surface area (Å²) in [5, 5.41) is 0. The molecular weight excluding hydrogens is 260 g/mol. The third-order valence-electron chi connectivity index (χ3n) is 3.95. The second-order valence-electron chi connectivity index (χ2n) is 5.49. The van der Waals surface area contributed by atoms with Crippen molar-refractivity contribution in [3.05, 3.63) is 66.2 Å². The second-order valence-corrected chi connectivity index (χ2v) is 5.49. The smallest absolute Gasteiger partial charge is 0.0933 e. The number of nitrogens with one attached hydrogen (secondary N) is 1. The van der Waals surface area contributed by atoms with Gasteiger partial charge in [-0.3, -0.25) is 4.84 Å². The third kappa shape index (κ3) is 4.06. The first-order valence-electron chi connectivity index (χ1n) is 7.63. The summed E-state index contributed by atoms with van der Waals surface area (Å²) in [7, 11) is 0. The van der Waals surface area contributed by atoms with E-state index in [9.17, 15) is 0 Å². The van der Waals surface area contributed by atoms with E-state index >= 15 is 0 Å². The summed E-state index contributed by atoms with van der Waals surface area (Å²) < 4.78 is 0. The maximum Gasteiger partial charge on any atom is 0.0933 e. The molecule has 0 atom stereocenters. The highest BCUT2D eigenvalue weighted by Gasteiger charge is 2.19. The lowest BCUT2D eigenvalue weighted by Crippen LogP contribution is -2.42. The van der Waals surface area contributed by atoms with Crippen LogP contribution in [0.25, 0.3) is 0 Å². The lowest BCUT2D eigenvalue weighted by Gasteiger charge is -2.33. The van der Waals surface area contributed by atoms with E-state index in [0.717, 1.165) is 25.9 Å². The molecule has 110 valence electrons. The van der Waals surface area contributed by atoms with Crippen LogP contribution in [0, 0.1) is 0 Å². The Bertz CT molecular complexity index is 519. The van der Waals surface area contributed by atoms with Gasteiger partial charge in [0.1, 0.15) is 0 Å². The zero-order chi connectivity index (χ0) is 14.3. The van der Waals surface area contributed by atoms with Gasteiger partial charge in [-0.15, -0.1) is 0 Å². The van der Waals surface area contributed by atoms with Gasteiger partial charge in [0, 0.05) is 24.8 Å². The first-order chi connectivity index (χ1) is 10.4. The van der Waals surface area contributed by atoms with Crippen molar-refractivity contribution in [2.24, 2.45) is 0 Å². The number of para-hydroxylation sites is 1. The number of hydroxylamine groups is 1. The largest absolute Gasteiger partial charge is 0.371 e. The average molecular weight is 282 g/mol. The molecule has 1 saturated heterocycles. The van der Waals surface area contributed by atoms with Crippen LogP contribution in [0.1, 0.15) is 18.4 Å². The van der Waals surface area contributed by atoms with Gasteiger partial charge in [-0.25, -0.2) is 0 Å². The predicted molar refractivity (Wildman–Crippen MR) is 86.0 cm³/mol. The van der Waals surface area contributed by atoms with Crippen LogP contribution in [0.4, 0.5) is 5.69 Å². The van der Waals surface area contributed by atoms with E-state index in [1.807, 2.05) is 18.2 Å². The maximum absolute atomic E-state index is 5.63. The number of hydrogen-bond donors (Lipinski definition) is 1. The summed E-state index contributed by atoms with van der Waals surface area (Å²) in [5.74, 6) is 0. The van der Waals surface area contributed by atoms with E-state index in [-0.39, 0.29) is 0 Å². The molecule has 0 aromatic heterocycles. The molecule has 1 N–H and O–H groups in total. The van der Waals surface area contributed by atoms with Crippen LogP contribution in [0.2, 0.25) is 0 Å². The van der Waals surface area contributed by atoms with Crippen molar-refractivity contribution in [3.8, 4) is 0 Å². The fourth-order valence-electron chi connectivity index (χ4n) is 2.71. The Morgan fingerprint density at radius 3 is 2.19 bits per heavy atom. The number of nitrogens with zero attached hydrogens (tertiary/aromatic N) is 1. The molecule has 1 heterocycles. The number of anilines is 1. The number of benzene rings is 2. The summed E-state index contributed by atoms with van der Waals surface area (Å²) in [4.78, 5) is 8.07. The highest BCUT2D eigenvalue weighted by Crippen LogP contribution is 2.19. The minimum absolute atomic E-state index is 0.452. The van der Waals surface area contributed by atoms with Crippen LogP contribution >= 0.6 is 0 Å². The van der Waals surface area contributed by atoms with Crippen LogP contribution in [0.3, 0.4) is 0 Å². The Morgan fingerprint density at radius 2 is 1.52 bits per heavy atom. The molecule has 3 heteroatoms. The summed E-state index contributed by atoms with van der Waals surface area (Å²) in [6.45, 7) is 2.78. The molecule has 3 nitrogen and oxygen atoms in total. The molecule has 0 amide bonds. The Kier molecular flexibility index (Phi) is 4.87. The highest BCUT2D eigenvalue weighted by molar-refractivity contribution is 5.46. The van der Waals surface area contributed by atoms with Crippen molar-refractivity contribution in [1.29, 1.82) is 0 Å². The fourth-order valence-corrected chi connectivity index (χ4v) is 2.71. The number of rotatable bonds is 5. The van der Waals surface area contributed by atoms with E-state index < -0.39 is 0 Å². The first-order valence-corrected chi connectivity index (χ1v) is 7.63. The van der Waals surface area contributed by atoms with Crippen molar-refractivity contribution in [1.82, 2.24) is 5.48 Å². The summed E-state index contributed by atoms with van der Waals surface area (Å²) >= 11 is 0. The van der Waals surface area contributed by atoms with Crippen molar-refractivity contribution >= 4 is 5.69 Å². The molecule has 0 saturated carbocycles. The Balaban J connectivity index is 1.40. The number of piperidine rings is 1. The van der Waals surface area contributed by atoms with Crippen LogP contribution < -0.4 is 10.4 Å². The first kappa shape index (κ1) is 14.1. The van der Waals surface area contributed by atoms with Crippen molar-refractivity contribution in [2.45, 2.75) is 25.5 Å². The summed E-state index contributed by atoms with van der Waals surface area (Å²) in [6.07, 6.45) is 2.23. The average Bonchev–Trinajstić information content (AvgIpc) is 2.57. The van der Waals surface area contributed by atoms with Crippen LogP contribution in [-0.4, -0.2) is 19.1 Å². The SMILES string of the molecule is c1ccc(CONC2CCN(c3ccccc3)CC2)cc1. The van der Waals surface area contributed by atoms with Gasteiger partial charge in [0.15, 0.2) is 0 Å².